The van der Waals surface area contributed by atoms with Crippen molar-refractivity contribution in [3.05, 3.63) is 41.4 Å². The first-order valence-corrected chi connectivity index (χ1v) is 10.4. The number of anilines is 1. The maximum Gasteiger partial charge on any atom is 0.330 e. The number of rotatable bonds is 6. The molecular formula is C22H23ClN2O5. The molecule has 1 aromatic rings. The molecule has 0 aromatic heterocycles. The molecule has 1 aromatic carbocycles. The number of fused-ring (bicyclic) bond motifs is 5. The van der Waals surface area contributed by atoms with Gasteiger partial charge >= 0.3 is 5.97 Å². The second-order valence-corrected chi connectivity index (χ2v) is 8.84. The minimum absolute atomic E-state index is 0.0637. The van der Waals surface area contributed by atoms with E-state index in [9.17, 15) is 19.2 Å². The fraction of sp³-hybridized carbons (Fsp3) is 0.455. The lowest BCUT2D eigenvalue weighted by molar-refractivity contribution is -0.162. The smallest absolute Gasteiger partial charge is 0.330 e. The van der Waals surface area contributed by atoms with Gasteiger partial charge < -0.3 is 10.1 Å². The number of esters is 1. The predicted molar refractivity (Wildman–Crippen MR) is 109 cm³/mol. The Morgan fingerprint density at radius 2 is 1.80 bits per heavy atom. The molecule has 2 fully saturated rings. The first kappa shape index (κ1) is 20.6. The number of hydrogen-bond donors (Lipinski definition) is 1. The van der Waals surface area contributed by atoms with Crippen LogP contribution in [-0.4, -0.2) is 41.2 Å². The summed E-state index contributed by atoms with van der Waals surface area (Å²) in [7, 11) is 0. The van der Waals surface area contributed by atoms with E-state index in [-0.39, 0.29) is 41.4 Å². The number of carbonyl (C=O) groups is 4. The van der Waals surface area contributed by atoms with E-state index in [2.05, 4.69) is 5.32 Å². The average Bonchev–Trinajstić information content (AvgIpc) is 3.36. The Morgan fingerprint density at radius 3 is 2.37 bits per heavy atom. The number of nitrogens with one attached hydrogen (secondary N) is 1. The van der Waals surface area contributed by atoms with Gasteiger partial charge in [-0.25, -0.2) is 4.79 Å². The lowest BCUT2D eigenvalue weighted by Crippen LogP contribution is -2.50. The highest BCUT2D eigenvalue weighted by Crippen LogP contribution is 2.53. The molecule has 3 aliphatic rings. The van der Waals surface area contributed by atoms with Crippen LogP contribution in [0.4, 0.5) is 5.69 Å². The minimum atomic E-state index is -1.05. The van der Waals surface area contributed by atoms with Crippen molar-refractivity contribution in [1.82, 2.24) is 4.90 Å². The molecule has 2 aliphatic carbocycles. The summed E-state index contributed by atoms with van der Waals surface area (Å²) in [5.74, 6) is -2.88. The van der Waals surface area contributed by atoms with Crippen LogP contribution in [0.25, 0.3) is 0 Å². The highest BCUT2D eigenvalue weighted by molar-refractivity contribution is 6.30. The van der Waals surface area contributed by atoms with E-state index in [0.29, 0.717) is 10.7 Å². The highest BCUT2D eigenvalue weighted by atomic mass is 35.5. The zero-order chi connectivity index (χ0) is 21.6. The van der Waals surface area contributed by atoms with Crippen molar-refractivity contribution >= 4 is 41.0 Å². The topological polar surface area (TPSA) is 92.8 Å². The Kier molecular flexibility index (Phi) is 5.40. The normalized spacial score (nSPS) is 27.5. The molecule has 1 aliphatic heterocycles. The van der Waals surface area contributed by atoms with Crippen LogP contribution in [0.2, 0.25) is 5.02 Å². The molecule has 1 saturated heterocycles. The maximum atomic E-state index is 13.0. The van der Waals surface area contributed by atoms with Gasteiger partial charge in [-0.3, -0.25) is 19.3 Å². The number of nitrogens with zero attached hydrogens (tertiary/aromatic N) is 1. The van der Waals surface area contributed by atoms with Crippen molar-refractivity contribution in [2.75, 3.05) is 11.9 Å². The zero-order valence-corrected chi connectivity index (χ0v) is 17.5. The number of ether oxygens (including phenoxy) is 1. The summed E-state index contributed by atoms with van der Waals surface area (Å²) in [6, 6.07) is 5.54. The third-order valence-corrected chi connectivity index (χ3v) is 6.34. The number of benzene rings is 1. The van der Waals surface area contributed by atoms with Gasteiger partial charge in [-0.1, -0.05) is 43.7 Å². The molecule has 0 spiro atoms. The van der Waals surface area contributed by atoms with Crippen LogP contribution in [0.5, 0.6) is 0 Å². The van der Waals surface area contributed by atoms with Crippen molar-refractivity contribution in [2.45, 2.75) is 26.3 Å². The van der Waals surface area contributed by atoms with Crippen molar-refractivity contribution in [3.8, 4) is 0 Å². The van der Waals surface area contributed by atoms with E-state index < -0.39 is 24.5 Å². The Bertz CT molecular complexity index is 913. The number of imide groups is 1. The van der Waals surface area contributed by atoms with Crippen molar-refractivity contribution in [1.29, 1.82) is 0 Å². The third kappa shape index (κ3) is 3.51. The Balaban J connectivity index is 1.42. The molecule has 158 valence electrons. The molecule has 30 heavy (non-hydrogen) atoms. The van der Waals surface area contributed by atoms with E-state index >= 15 is 0 Å². The molecule has 5 atom stereocenters. The quantitative estimate of drug-likeness (QED) is 0.425. The molecule has 2 bridgehead atoms. The third-order valence-electron chi connectivity index (χ3n) is 6.11. The molecule has 1 saturated carbocycles. The summed E-state index contributed by atoms with van der Waals surface area (Å²) in [5, 5.41) is 3.05. The summed E-state index contributed by atoms with van der Waals surface area (Å²) in [6.07, 6.45) is 4.83. The number of hydrogen-bond acceptors (Lipinski definition) is 5. The molecule has 7 nitrogen and oxygen atoms in total. The first-order valence-electron chi connectivity index (χ1n) is 10.0. The monoisotopic (exact) mass is 430 g/mol. The molecule has 4 rings (SSSR count). The summed E-state index contributed by atoms with van der Waals surface area (Å²) in [4.78, 5) is 52.1. The summed E-state index contributed by atoms with van der Waals surface area (Å²) >= 11 is 5.89. The van der Waals surface area contributed by atoms with Gasteiger partial charge in [0.1, 0.15) is 6.04 Å². The predicted octanol–water partition coefficient (Wildman–Crippen LogP) is 2.65. The van der Waals surface area contributed by atoms with E-state index in [1.165, 1.54) is 0 Å². The number of halogens is 1. The molecule has 3 amide bonds. The summed E-state index contributed by atoms with van der Waals surface area (Å²) in [6.45, 7) is 2.98. The standard InChI is InChI=1S/C22H23ClN2O5/c1-11(2)19(22(29)30-10-16(26)24-15-5-3-4-14(23)9-15)25-20(27)17-12-6-7-13(8-12)18(17)21(25)28/h3-7,9,11-13,17-19H,8,10H2,1-2H3,(H,24,26)/t12-,13-,17-,18+,19+/m0/s1. The highest BCUT2D eigenvalue weighted by Gasteiger charge is 2.61. The molecular weight excluding hydrogens is 408 g/mol. The van der Waals surface area contributed by atoms with Gasteiger partial charge in [-0.15, -0.1) is 0 Å². The van der Waals surface area contributed by atoms with Gasteiger partial charge in [0.2, 0.25) is 11.8 Å². The van der Waals surface area contributed by atoms with Crippen LogP contribution < -0.4 is 5.32 Å². The molecule has 8 heteroatoms. The maximum absolute atomic E-state index is 13.0. The fourth-order valence-electron chi connectivity index (χ4n) is 4.86. The van der Waals surface area contributed by atoms with Crippen LogP contribution in [0, 0.1) is 29.6 Å². The second kappa shape index (κ2) is 7.87. The number of carbonyl (C=O) groups excluding carboxylic acids is 4. The van der Waals surface area contributed by atoms with E-state index in [1.54, 1.807) is 38.1 Å². The molecule has 1 heterocycles. The zero-order valence-electron chi connectivity index (χ0n) is 16.7. The van der Waals surface area contributed by atoms with Gasteiger partial charge in [-0.05, 0) is 42.4 Å². The van der Waals surface area contributed by atoms with Gasteiger partial charge in [0.25, 0.3) is 5.91 Å². The van der Waals surface area contributed by atoms with Crippen LogP contribution in [0.15, 0.2) is 36.4 Å². The first-order chi connectivity index (χ1) is 14.3. The largest absolute Gasteiger partial charge is 0.454 e. The van der Waals surface area contributed by atoms with Crippen LogP contribution >= 0.6 is 11.6 Å². The average molecular weight is 431 g/mol. The van der Waals surface area contributed by atoms with Gasteiger partial charge in [0.15, 0.2) is 6.61 Å². The summed E-state index contributed by atoms with van der Waals surface area (Å²) < 4.78 is 5.18. The number of amides is 3. The van der Waals surface area contributed by atoms with Crippen LogP contribution in [0.1, 0.15) is 20.3 Å². The number of likely N-dealkylation sites (tertiary alicyclic amines) is 1. The van der Waals surface area contributed by atoms with Crippen LogP contribution in [-0.2, 0) is 23.9 Å². The fourth-order valence-corrected chi connectivity index (χ4v) is 5.05. The lowest BCUT2D eigenvalue weighted by atomic mass is 9.85. The minimum Gasteiger partial charge on any atom is -0.454 e. The Morgan fingerprint density at radius 1 is 1.17 bits per heavy atom. The van der Waals surface area contributed by atoms with Crippen molar-refractivity contribution in [2.24, 2.45) is 29.6 Å². The Labute approximate surface area is 179 Å². The van der Waals surface area contributed by atoms with E-state index in [0.717, 1.165) is 11.3 Å². The van der Waals surface area contributed by atoms with Gasteiger partial charge in [0.05, 0.1) is 11.8 Å². The lowest BCUT2D eigenvalue weighted by Gasteiger charge is -2.28. The molecule has 1 N–H and O–H groups in total. The van der Waals surface area contributed by atoms with Crippen LogP contribution in [0.3, 0.4) is 0 Å². The second-order valence-electron chi connectivity index (χ2n) is 8.40. The number of allylic oxidation sites excluding steroid dienone is 2. The van der Waals surface area contributed by atoms with Crippen molar-refractivity contribution in [3.63, 3.8) is 0 Å². The SMILES string of the molecule is CC(C)[C@H](C(=O)OCC(=O)Nc1cccc(Cl)c1)N1C(=O)[C@@H]2[C@H](C1=O)[C@H]1C=C[C@H]2C1. The van der Waals surface area contributed by atoms with Gasteiger partial charge in [0, 0.05) is 10.7 Å². The molecule has 0 radical (unpaired) electrons. The van der Waals surface area contributed by atoms with Crippen molar-refractivity contribution < 1.29 is 23.9 Å². The summed E-state index contributed by atoms with van der Waals surface area (Å²) in [5.41, 5.74) is 0.477. The van der Waals surface area contributed by atoms with E-state index in [1.807, 2.05) is 12.2 Å². The van der Waals surface area contributed by atoms with E-state index in [4.69, 9.17) is 16.3 Å². The van der Waals surface area contributed by atoms with Gasteiger partial charge in [-0.2, -0.15) is 0 Å². The Hall–Kier alpha value is -2.67. The molecule has 0 unspecified atom stereocenters.